The molecule has 6 rings (SSSR count). The first-order valence-electron chi connectivity index (χ1n) is 11.0. The predicted octanol–water partition coefficient (Wildman–Crippen LogP) is 3.36. The van der Waals surface area contributed by atoms with Crippen LogP contribution in [0.25, 0.3) is 10.9 Å². The van der Waals surface area contributed by atoms with Crippen LogP contribution in [-0.4, -0.2) is 45.9 Å². The van der Waals surface area contributed by atoms with Gasteiger partial charge in [0, 0.05) is 11.6 Å². The maximum atomic E-state index is 13.6. The zero-order valence-corrected chi connectivity index (χ0v) is 18.9. The Hall–Kier alpha value is -3.17. The molecule has 34 heavy (non-hydrogen) atoms. The maximum Gasteiger partial charge on any atom is 0.291 e. The fourth-order valence-electron chi connectivity index (χ4n) is 5.05. The normalized spacial score (nSPS) is 25.8. The Morgan fingerprint density at radius 3 is 2.68 bits per heavy atom. The number of nitrogens with one attached hydrogen (secondary N) is 2. The van der Waals surface area contributed by atoms with E-state index in [1.165, 1.54) is 12.1 Å². The van der Waals surface area contributed by atoms with Crippen molar-refractivity contribution in [1.29, 1.82) is 0 Å². The lowest BCUT2D eigenvalue weighted by Gasteiger charge is -2.56. The fraction of sp³-hybridized carbons (Fsp3) is 0.375. The monoisotopic (exact) mass is 487 g/mol. The largest absolute Gasteiger partial charge is 0.484 e. The van der Waals surface area contributed by atoms with Crippen LogP contribution in [0.2, 0.25) is 5.02 Å². The number of carbonyl (C=O) groups excluding carboxylic acids is 2. The minimum atomic E-state index is -0.847. The first-order chi connectivity index (χ1) is 16.3. The van der Waals surface area contributed by atoms with Crippen molar-refractivity contribution < 1.29 is 28.3 Å². The lowest BCUT2D eigenvalue weighted by Crippen LogP contribution is -2.70. The van der Waals surface area contributed by atoms with E-state index in [4.69, 9.17) is 20.9 Å². The summed E-state index contributed by atoms with van der Waals surface area (Å²) in [5, 5.41) is 21.4. The number of hydrogen-bond acceptors (Lipinski definition) is 6. The van der Waals surface area contributed by atoms with Crippen LogP contribution in [0.3, 0.4) is 0 Å². The summed E-state index contributed by atoms with van der Waals surface area (Å²) in [5.74, 6) is -1.10. The van der Waals surface area contributed by atoms with Crippen molar-refractivity contribution in [3.05, 3.63) is 59.1 Å². The molecule has 2 amide bonds. The van der Waals surface area contributed by atoms with Crippen molar-refractivity contribution in [3.8, 4) is 5.75 Å². The van der Waals surface area contributed by atoms with Gasteiger partial charge in [0.25, 0.3) is 11.8 Å². The molecule has 8 nitrogen and oxygen atoms in total. The van der Waals surface area contributed by atoms with Crippen LogP contribution < -0.4 is 15.4 Å². The van der Waals surface area contributed by atoms with E-state index < -0.39 is 28.9 Å². The molecule has 2 aromatic carbocycles. The van der Waals surface area contributed by atoms with Gasteiger partial charge in [-0.25, -0.2) is 4.39 Å². The molecule has 10 heteroatoms. The maximum absolute atomic E-state index is 13.6. The molecular weight excluding hydrogens is 465 g/mol. The van der Waals surface area contributed by atoms with Gasteiger partial charge in [-0.3, -0.25) is 9.59 Å². The van der Waals surface area contributed by atoms with Crippen LogP contribution in [0.5, 0.6) is 5.75 Å². The van der Waals surface area contributed by atoms with Crippen LogP contribution in [0, 0.1) is 5.82 Å². The molecule has 0 aliphatic heterocycles. The van der Waals surface area contributed by atoms with Crippen LogP contribution in [0.4, 0.5) is 4.39 Å². The summed E-state index contributed by atoms with van der Waals surface area (Å²) >= 11 is 5.66. The van der Waals surface area contributed by atoms with Crippen molar-refractivity contribution in [1.82, 2.24) is 15.8 Å². The summed E-state index contributed by atoms with van der Waals surface area (Å²) in [4.78, 5) is 25.5. The van der Waals surface area contributed by atoms with Crippen molar-refractivity contribution >= 4 is 34.3 Å². The molecule has 178 valence electrons. The van der Waals surface area contributed by atoms with Gasteiger partial charge in [0.2, 0.25) is 5.76 Å². The standard InChI is InChI=1S/C24H23ClFN3O5/c25-16-6-5-14(11-17(16)26)33-13-20(31)27-23-7-9-24(10-8-23,19(30)12-23)28-22(32)21-15-3-1-2-4-18(15)29-34-21/h1-6,11,19,30H,7-10,12-13H2,(H,27,31)(H,28,32). The molecule has 3 aliphatic rings. The number of hydrogen-bond donors (Lipinski definition) is 3. The Morgan fingerprint density at radius 2 is 1.94 bits per heavy atom. The number of halogens is 2. The molecule has 1 atom stereocenters. The molecule has 0 saturated heterocycles. The SMILES string of the molecule is O=C(COc1ccc(Cl)c(F)c1)NC12CCC(NC(=O)c3onc4ccccc34)(CC1)C(O)C2. The van der Waals surface area contributed by atoms with Crippen molar-refractivity contribution in [3.63, 3.8) is 0 Å². The number of benzene rings is 2. The van der Waals surface area contributed by atoms with Crippen LogP contribution in [0.1, 0.15) is 42.7 Å². The molecule has 3 aromatic rings. The summed E-state index contributed by atoms with van der Waals surface area (Å²) in [6, 6.07) is 11.1. The Kier molecular flexibility index (Phi) is 5.69. The second-order valence-electron chi connectivity index (χ2n) is 9.05. The number of aliphatic hydroxyl groups is 1. The highest BCUT2D eigenvalue weighted by Crippen LogP contribution is 2.47. The minimum Gasteiger partial charge on any atom is -0.484 e. The average molecular weight is 488 g/mol. The van der Waals surface area contributed by atoms with Crippen molar-refractivity contribution in [2.24, 2.45) is 0 Å². The third-order valence-electron chi connectivity index (χ3n) is 6.94. The van der Waals surface area contributed by atoms with E-state index >= 15 is 0 Å². The van der Waals surface area contributed by atoms with E-state index in [0.29, 0.717) is 43.0 Å². The minimum absolute atomic E-state index is 0.0267. The first kappa shape index (κ1) is 22.6. The Balaban J connectivity index is 1.21. The Bertz CT molecular complexity index is 1250. The number of nitrogens with zero attached hydrogens (tertiary/aromatic N) is 1. The molecule has 1 heterocycles. The summed E-state index contributed by atoms with van der Waals surface area (Å²) in [5.41, 5.74) is -0.797. The molecule has 0 radical (unpaired) electrons. The zero-order valence-electron chi connectivity index (χ0n) is 18.1. The van der Waals surface area contributed by atoms with Crippen LogP contribution in [0.15, 0.2) is 47.0 Å². The molecule has 2 bridgehead atoms. The average Bonchev–Trinajstić information content (AvgIpc) is 3.25. The Morgan fingerprint density at radius 1 is 1.18 bits per heavy atom. The second kappa shape index (κ2) is 8.56. The van der Waals surface area contributed by atoms with E-state index in [-0.39, 0.29) is 29.0 Å². The van der Waals surface area contributed by atoms with Gasteiger partial charge in [0.05, 0.1) is 22.1 Å². The number of fused-ring (bicyclic) bond motifs is 4. The summed E-state index contributed by atoms with van der Waals surface area (Å²) in [6.45, 7) is -0.292. The van der Waals surface area contributed by atoms with Crippen LogP contribution in [-0.2, 0) is 4.79 Å². The van der Waals surface area contributed by atoms with Gasteiger partial charge in [0.15, 0.2) is 6.61 Å². The van der Waals surface area contributed by atoms with Gasteiger partial charge in [-0.05, 0) is 56.4 Å². The van der Waals surface area contributed by atoms with Gasteiger partial charge < -0.3 is 25.0 Å². The number of rotatable bonds is 6. The van der Waals surface area contributed by atoms with E-state index in [9.17, 15) is 19.1 Å². The van der Waals surface area contributed by atoms with E-state index in [1.807, 2.05) is 6.07 Å². The van der Waals surface area contributed by atoms with Crippen molar-refractivity contribution in [2.45, 2.75) is 49.3 Å². The summed E-state index contributed by atoms with van der Waals surface area (Å²) in [7, 11) is 0. The molecule has 3 N–H and O–H groups in total. The fourth-order valence-corrected chi connectivity index (χ4v) is 5.16. The van der Waals surface area contributed by atoms with Gasteiger partial charge in [-0.1, -0.05) is 28.9 Å². The Labute approximate surface area is 199 Å². The third kappa shape index (κ3) is 4.10. The topological polar surface area (TPSA) is 114 Å². The predicted molar refractivity (Wildman–Crippen MR) is 121 cm³/mol. The molecule has 1 unspecified atom stereocenters. The van der Waals surface area contributed by atoms with E-state index in [1.54, 1.807) is 18.2 Å². The quantitative estimate of drug-likeness (QED) is 0.491. The molecule has 3 saturated carbocycles. The second-order valence-corrected chi connectivity index (χ2v) is 9.46. The smallest absolute Gasteiger partial charge is 0.291 e. The van der Waals surface area contributed by atoms with Crippen molar-refractivity contribution in [2.75, 3.05) is 6.61 Å². The van der Waals surface area contributed by atoms with E-state index in [0.717, 1.165) is 6.07 Å². The van der Waals surface area contributed by atoms with Gasteiger partial charge in [-0.15, -0.1) is 0 Å². The number of ether oxygens (including phenoxy) is 1. The highest BCUT2D eigenvalue weighted by atomic mass is 35.5. The summed E-state index contributed by atoms with van der Waals surface area (Å²) in [6.07, 6.45) is 1.61. The van der Waals surface area contributed by atoms with Crippen LogP contribution >= 0.6 is 11.6 Å². The number of aliphatic hydroxyl groups excluding tert-OH is 1. The number of aromatic nitrogens is 1. The molecule has 3 fully saturated rings. The zero-order chi connectivity index (χ0) is 23.9. The highest BCUT2D eigenvalue weighted by Gasteiger charge is 2.55. The summed E-state index contributed by atoms with van der Waals surface area (Å²) < 4.78 is 24.2. The molecule has 1 aromatic heterocycles. The number of amides is 2. The van der Waals surface area contributed by atoms with Gasteiger partial charge >= 0.3 is 0 Å². The van der Waals surface area contributed by atoms with E-state index in [2.05, 4.69) is 15.8 Å². The third-order valence-corrected chi connectivity index (χ3v) is 7.25. The van der Waals surface area contributed by atoms with Gasteiger partial charge in [0.1, 0.15) is 17.1 Å². The molecule has 3 aliphatic carbocycles. The lowest BCUT2D eigenvalue weighted by atomic mass is 9.60. The highest BCUT2D eigenvalue weighted by molar-refractivity contribution is 6.30. The molecular formula is C24H23ClFN3O5. The van der Waals surface area contributed by atoms with Gasteiger partial charge in [-0.2, -0.15) is 0 Å². The first-order valence-corrected chi connectivity index (χ1v) is 11.4. The molecule has 0 spiro atoms. The lowest BCUT2D eigenvalue weighted by molar-refractivity contribution is -0.129. The number of carbonyl (C=O) groups is 2.